The molecule has 0 bridgehead atoms. The van der Waals surface area contributed by atoms with Crippen molar-refractivity contribution in [2.75, 3.05) is 30.0 Å². The zero-order chi connectivity index (χ0) is 27.8. The number of aryl methyl sites for hydroxylation is 2. The molecule has 2 aliphatic rings. The summed E-state index contributed by atoms with van der Waals surface area (Å²) in [5.41, 5.74) is 3.82. The van der Waals surface area contributed by atoms with E-state index in [1.165, 1.54) is 7.11 Å². The van der Waals surface area contributed by atoms with Crippen LogP contribution in [0.2, 0.25) is 10.0 Å². The maximum atomic E-state index is 12.0. The Kier molecular flexibility index (Phi) is 7.24. The van der Waals surface area contributed by atoms with E-state index in [1.54, 1.807) is 17.7 Å². The Morgan fingerprint density at radius 2 is 1.26 bits per heavy atom. The predicted octanol–water partition coefficient (Wildman–Crippen LogP) is 5.48. The third-order valence-electron chi connectivity index (χ3n) is 6.63. The highest BCUT2D eigenvalue weighted by molar-refractivity contribution is 6.31. The number of aromatic carboxylic acids is 1. The lowest BCUT2D eigenvalue weighted by Gasteiger charge is -2.18. The fourth-order valence-corrected chi connectivity index (χ4v) is 5.35. The van der Waals surface area contributed by atoms with Gasteiger partial charge in [0, 0.05) is 34.5 Å². The molecule has 2 aromatic heterocycles. The molecule has 39 heavy (non-hydrogen) atoms. The summed E-state index contributed by atoms with van der Waals surface area (Å²) in [7, 11) is 1.38. The van der Waals surface area contributed by atoms with E-state index in [1.807, 2.05) is 63.9 Å². The highest BCUT2D eigenvalue weighted by Crippen LogP contribution is 2.37. The van der Waals surface area contributed by atoms with Crippen LogP contribution in [0, 0.1) is 13.8 Å². The fraction of sp³-hybridized carbons (Fsp3) is 0.259. The van der Waals surface area contributed by atoms with Crippen molar-refractivity contribution in [3.63, 3.8) is 0 Å². The van der Waals surface area contributed by atoms with Crippen LogP contribution >= 0.6 is 23.2 Å². The van der Waals surface area contributed by atoms with E-state index < -0.39 is 5.97 Å². The predicted molar refractivity (Wildman–Crippen MR) is 149 cm³/mol. The molecule has 6 rings (SSSR count). The van der Waals surface area contributed by atoms with Crippen molar-refractivity contribution in [1.82, 2.24) is 19.6 Å². The van der Waals surface area contributed by atoms with Crippen LogP contribution in [0.4, 0.5) is 23.0 Å². The third kappa shape index (κ3) is 4.93. The van der Waals surface area contributed by atoms with Gasteiger partial charge >= 0.3 is 11.9 Å². The molecule has 2 aliphatic heterocycles. The monoisotopic (exact) mass is 568 g/mol. The Morgan fingerprint density at radius 1 is 0.795 bits per heavy atom. The molecule has 0 saturated carbocycles. The van der Waals surface area contributed by atoms with Crippen LogP contribution in [0.5, 0.6) is 0 Å². The summed E-state index contributed by atoms with van der Waals surface area (Å²) in [6.45, 7) is 6.39. The molecule has 0 amide bonds. The summed E-state index contributed by atoms with van der Waals surface area (Å²) < 4.78 is 8.44. The van der Waals surface area contributed by atoms with Gasteiger partial charge in [-0.15, -0.1) is 0 Å². The Balaban J connectivity index is 0.000000158. The number of carboxylic acids is 1. The first-order chi connectivity index (χ1) is 18.7. The molecule has 0 atom stereocenters. The second-order valence-corrected chi connectivity index (χ2v) is 9.95. The van der Waals surface area contributed by atoms with Gasteiger partial charge in [-0.2, -0.15) is 10.2 Å². The summed E-state index contributed by atoms with van der Waals surface area (Å²) in [5, 5.41) is 19.3. The Bertz CT molecular complexity index is 1580. The molecule has 2 aromatic carbocycles. The van der Waals surface area contributed by atoms with E-state index in [9.17, 15) is 14.7 Å². The number of carbonyl (C=O) groups excluding carboxylic acids is 1. The lowest BCUT2D eigenvalue weighted by Crippen LogP contribution is -2.17. The Morgan fingerprint density at radius 3 is 1.69 bits per heavy atom. The van der Waals surface area contributed by atoms with E-state index in [-0.39, 0.29) is 11.5 Å². The van der Waals surface area contributed by atoms with Gasteiger partial charge in [0.05, 0.1) is 31.6 Å². The molecule has 4 aromatic rings. The quantitative estimate of drug-likeness (QED) is 0.323. The fourth-order valence-electron chi connectivity index (χ4n) is 4.98. The minimum absolute atomic E-state index is 0.262. The summed E-state index contributed by atoms with van der Waals surface area (Å²) in [5.74, 6) is 0.0919. The number of hydrogen-bond acceptors (Lipinski definition) is 7. The topological polar surface area (TPSA) is 106 Å². The van der Waals surface area contributed by atoms with Gasteiger partial charge in [-0.3, -0.25) is 0 Å². The second-order valence-electron chi connectivity index (χ2n) is 9.07. The normalized spacial score (nSPS) is 13.6. The summed E-state index contributed by atoms with van der Waals surface area (Å²) in [6.07, 6.45) is 0. The van der Waals surface area contributed by atoms with Crippen LogP contribution in [-0.4, -0.2) is 56.8 Å². The average Bonchev–Trinajstić information content (AvgIpc) is 3.63. The number of carbonyl (C=O) groups is 2. The molecule has 0 aliphatic carbocycles. The zero-order valence-corrected chi connectivity index (χ0v) is 23.1. The number of benzene rings is 2. The van der Waals surface area contributed by atoms with Gasteiger partial charge in [-0.1, -0.05) is 35.3 Å². The van der Waals surface area contributed by atoms with Gasteiger partial charge in [0.15, 0.2) is 0 Å². The van der Waals surface area contributed by atoms with Crippen molar-refractivity contribution in [3.05, 3.63) is 81.1 Å². The lowest BCUT2D eigenvalue weighted by molar-refractivity contribution is 0.0600. The number of methoxy groups -OCH3 is 1. The SMILES string of the molecule is COC(=O)c1c(C)nn2c1N(c1cccc(Cl)c1)CC2.Cc1nn2c(c1C(=O)O)N(c1cccc(Cl)c1)CC2. The lowest BCUT2D eigenvalue weighted by atomic mass is 10.2. The minimum atomic E-state index is -0.951. The van der Waals surface area contributed by atoms with Gasteiger partial charge < -0.3 is 19.6 Å². The number of rotatable bonds is 4. The van der Waals surface area contributed by atoms with Crippen molar-refractivity contribution in [2.45, 2.75) is 26.9 Å². The van der Waals surface area contributed by atoms with E-state index in [4.69, 9.17) is 27.9 Å². The molecule has 0 radical (unpaired) electrons. The largest absolute Gasteiger partial charge is 0.477 e. The number of hydrogen-bond donors (Lipinski definition) is 1. The average molecular weight is 569 g/mol. The first-order valence-corrected chi connectivity index (χ1v) is 13.0. The highest BCUT2D eigenvalue weighted by Gasteiger charge is 2.32. The number of anilines is 4. The smallest absolute Gasteiger partial charge is 0.343 e. The number of fused-ring (bicyclic) bond motifs is 2. The number of esters is 1. The van der Waals surface area contributed by atoms with Crippen molar-refractivity contribution in [2.24, 2.45) is 0 Å². The van der Waals surface area contributed by atoms with Crippen LogP contribution in [-0.2, 0) is 17.8 Å². The number of nitrogens with zero attached hydrogens (tertiary/aromatic N) is 6. The molecule has 10 nitrogen and oxygen atoms in total. The number of aromatic nitrogens is 4. The first kappa shape index (κ1) is 26.6. The van der Waals surface area contributed by atoms with Crippen LogP contribution < -0.4 is 9.80 Å². The second kappa shape index (κ2) is 10.6. The van der Waals surface area contributed by atoms with Crippen LogP contribution in [0.15, 0.2) is 48.5 Å². The molecular formula is C27H26Cl2N6O4. The van der Waals surface area contributed by atoms with Crippen molar-refractivity contribution >= 4 is 58.2 Å². The molecule has 0 saturated heterocycles. The Labute approximate surface area is 234 Å². The maximum Gasteiger partial charge on any atom is 0.343 e. The van der Waals surface area contributed by atoms with Gasteiger partial charge in [-0.25, -0.2) is 19.0 Å². The zero-order valence-electron chi connectivity index (χ0n) is 21.6. The molecule has 0 spiro atoms. The van der Waals surface area contributed by atoms with Crippen LogP contribution in [0.1, 0.15) is 32.1 Å². The van der Waals surface area contributed by atoms with Gasteiger partial charge in [0.2, 0.25) is 0 Å². The summed E-state index contributed by atoms with van der Waals surface area (Å²) in [6, 6.07) is 14.9. The van der Waals surface area contributed by atoms with Gasteiger partial charge in [-0.05, 0) is 50.2 Å². The number of halogens is 2. The molecule has 202 valence electrons. The maximum absolute atomic E-state index is 12.0. The van der Waals surface area contributed by atoms with Crippen molar-refractivity contribution in [3.8, 4) is 0 Å². The van der Waals surface area contributed by atoms with E-state index in [0.717, 1.165) is 30.3 Å². The van der Waals surface area contributed by atoms with Gasteiger partial charge in [0.1, 0.15) is 22.8 Å². The Hall–Kier alpha value is -4.02. The minimum Gasteiger partial charge on any atom is -0.477 e. The van der Waals surface area contributed by atoms with Gasteiger partial charge in [0.25, 0.3) is 0 Å². The molecule has 1 N–H and O–H groups in total. The van der Waals surface area contributed by atoms with Crippen molar-refractivity contribution in [1.29, 1.82) is 0 Å². The van der Waals surface area contributed by atoms with E-state index in [0.29, 0.717) is 45.9 Å². The molecule has 12 heteroatoms. The highest BCUT2D eigenvalue weighted by atomic mass is 35.5. The standard InChI is InChI=1S/C14H14ClN3O2.C13H12ClN3O2/c1-9-12(14(19)20-2)13-17(6-7-18(13)16-9)11-5-3-4-10(15)8-11;1-8-11(13(18)19)12-16(5-6-17(12)15-8)10-4-2-3-9(14)7-10/h3-5,8H,6-7H2,1-2H3;2-4,7H,5-6H2,1H3,(H,18,19). The van der Waals surface area contributed by atoms with E-state index >= 15 is 0 Å². The first-order valence-electron chi connectivity index (χ1n) is 12.2. The van der Waals surface area contributed by atoms with Crippen LogP contribution in [0.25, 0.3) is 0 Å². The van der Waals surface area contributed by atoms with Crippen molar-refractivity contribution < 1.29 is 19.4 Å². The third-order valence-corrected chi connectivity index (χ3v) is 7.10. The molecule has 0 unspecified atom stereocenters. The molecule has 4 heterocycles. The molecular weight excluding hydrogens is 543 g/mol. The molecule has 0 fully saturated rings. The van der Waals surface area contributed by atoms with E-state index in [2.05, 4.69) is 10.2 Å². The summed E-state index contributed by atoms with van der Waals surface area (Å²) in [4.78, 5) is 27.3. The van der Waals surface area contributed by atoms with Crippen LogP contribution in [0.3, 0.4) is 0 Å². The number of carboxylic acid groups (broad SMARTS) is 1. The number of ether oxygens (including phenoxy) is 1. The summed E-state index contributed by atoms with van der Waals surface area (Å²) >= 11 is 12.0.